The van der Waals surface area contributed by atoms with Crippen molar-refractivity contribution in [2.75, 3.05) is 11.0 Å². The second-order valence-corrected chi connectivity index (χ2v) is 3.53. The average molecular weight is 242 g/mol. The van der Waals surface area contributed by atoms with E-state index in [1.54, 1.807) is 0 Å². The van der Waals surface area contributed by atoms with E-state index >= 15 is 0 Å². The highest BCUT2D eigenvalue weighted by atomic mass is 127. The Bertz CT molecular complexity index is 56.9. The molecule has 0 aromatic heterocycles. The first-order chi connectivity index (χ1) is 4.31. The number of aliphatic hydroxyl groups is 1. The summed E-state index contributed by atoms with van der Waals surface area (Å²) in [6, 6.07) is 0. The molecule has 1 nitrogen and oxygen atoms in total. The molecule has 0 rings (SSSR count). The smallest absolute Gasteiger partial charge is 0.0433 e. The van der Waals surface area contributed by atoms with Crippen molar-refractivity contribution in [2.45, 2.75) is 26.2 Å². The second kappa shape index (κ2) is 6.81. The molecule has 9 heavy (non-hydrogen) atoms. The number of rotatable bonds is 5. The lowest BCUT2D eigenvalue weighted by molar-refractivity contribution is 0.258. The van der Waals surface area contributed by atoms with Crippen LogP contribution < -0.4 is 0 Å². The molecule has 0 amide bonds. The van der Waals surface area contributed by atoms with Gasteiger partial charge in [0.1, 0.15) is 0 Å². The van der Waals surface area contributed by atoms with Crippen molar-refractivity contribution in [3.05, 3.63) is 0 Å². The average Bonchev–Trinajstić information content (AvgIpc) is 1.85. The molecule has 0 aliphatic rings. The molecule has 0 radical (unpaired) electrons. The van der Waals surface area contributed by atoms with Crippen molar-refractivity contribution in [3.8, 4) is 0 Å². The van der Waals surface area contributed by atoms with Crippen LogP contribution in [0.3, 0.4) is 0 Å². The topological polar surface area (TPSA) is 20.2 Å². The largest absolute Gasteiger partial charge is 0.396 e. The summed E-state index contributed by atoms with van der Waals surface area (Å²) in [5.41, 5.74) is 0. The first-order valence-corrected chi connectivity index (χ1v) is 5.00. The van der Waals surface area contributed by atoms with E-state index in [1.165, 1.54) is 17.3 Å². The molecule has 0 aromatic carbocycles. The van der Waals surface area contributed by atoms with E-state index in [1.807, 2.05) is 0 Å². The minimum absolute atomic E-state index is 0.350. The summed E-state index contributed by atoms with van der Waals surface area (Å²) in [6.45, 7) is 2.55. The molecule has 1 atom stereocenters. The van der Waals surface area contributed by atoms with E-state index in [2.05, 4.69) is 29.5 Å². The van der Waals surface area contributed by atoms with Crippen molar-refractivity contribution in [3.63, 3.8) is 0 Å². The van der Waals surface area contributed by atoms with Gasteiger partial charge in [-0.25, -0.2) is 0 Å². The zero-order valence-corrected chi connectivity index (χ0v) is 8.10. The zero-order chi connectivity index (χ0) is 7.11. The molecule has 1 N–H and O–H groups in total. The van der Waals surface area contributed by atoms with Crippen LogP contribution in [0.15, 0.2) is 0 Å². The number of alkyl halides is 1. The predicted molar refractivity (Wildman–Crippen MR) is 49.0 cm³/mol. The predicted octanol–water partition coefficient (Wildman–Crippen LogP) is 2.22. The fraction of sp³-hybridized carbons (Fsp3) is 1.00. The van der Waals surface area contributed by atoms with Gasteiger partial charge in [0.15, 0.2) is 0 Å². The van der Waals surface area contributed by atoms with Crippen molar-refractivity contribution < 1.29 is 5.11 Å². The van der Waals surface area contributed by atoms with Gasteiger partial charge in [-0.3, -0.25) is 0 Å². The molecule has 0 aliphatic heterocycles. The quantitative estimate of drug-likeness (QED) is 0.579. The molecule has 0 aromatic rings. The van der Waals surface area contributed by atoms with E-state index in [4.69, 9.17) is 5.11 Å². The van der Waals surface area contributed by atoms with Gasteiger partial charge in [0.05, 0.1) is 0 Å². The summed E-state index contributed by atoms with van der Waals surface area (Å²) < 4.78 is 1.24. The van der Waals surface area contributed by atoms with E-state index < -0.39 is 0 Å². The summed E-state index contributed by atoms with van der Waals surface area (Å²) in [7, 11) is 0. The molecule has 0 heterocycles. The number of aliphatic hydroxyl groups excluding tert-OH is 1. The minimum Gasteiger partial charge on any atom is -0.396 e. The Hall–Kier alpha value is 0.690. The second-order valence-electron chi connectivity index (χ2n) is 2.45. The lowest BCUT2D eigenvalue weighted by Gasteiger charge is -2.06. The normalized spacial score (nSPS) is 13.7. The van der Waals surface area contributed by atoms with Crippen LogP contribution in [-0.2, 0) is 0 Å². The van der Waals surface area contributed by atoms with Gasteiger partial charge in [0, 0.05) is 6.61 Å². The van der Waals surface area contributed by atoms with Gasteiger partial charge in [-0.05, 0) is 29.6 Å². The fourth-order valence-corrected chi connectivity index (χ4v) is 1.23. The molecular formula is C7H15IO. The van der Waals surface area contributed by atoms with Crippen LogP contribution in [0, 0.1) is 5.92 Å². The lowest BCUT2D eigenvalue weighted by Crippen LogP contribution is -1.97. The molecule has 0 fully saturated rings. The Morgan fingerprint density at radius 1 is 1.44 bits per heavy atom. The summed E-state index contributed by atoms with van der Waals surface area (Å²) in [4.78, 5) is 0. The van der Waals surface area contributed by atoms with Crippen LogP contribution in [0.1, 0.15) is 26.2 Å². The van der Waals surface area contributed by atoms with E-state index in [0.717, 1.165) is 6.42 Å². The van der Waals surface area contributed by atoms with E-state index in [9.17, 15) is 0 Å². The van der Waals surface area contributed by atoms with Crippen LogP contribution in [0.25, 0.3) is 0 Å². The molecule has 56 valence electrons. The van der Waals surface area contributed by atoms with Crippen LogP contribution in [0.4, 0.5) is 0 Å². The first-order valence-electron chi connectivity index (χ1n) is 3.48. The molecule has 0 unspecified atom stereocenters. The summed E-state index contributed by atoms with van der Waals surface area (Å²) in [5, 5.41) is 8.53. The Balaban J connectivity index is 2.95. The van der Waals surface area contributed by atoms with Crippen molar-refractivity contribution >= 4 is 22.6 Å². The molecule has 0 saturated carbocycles. The third-order valence-electron chi connectivity index (χ3n) is 1.45. The SMILES string of the molecule is C[C@@H](CCO)CCCI. The molecule has 0 bridgehead atoms. The van der Waals surface area contributed by atoms with Gasteiger partial charge in [-0.1, -0.05) is 29.5 Å². The van der Waals surface area contributed by atoms with Gasteiger partial charge < -0.3 is 5.11 Å². The fourth-order valence-electron chi connectivity index (χ4n) is 0.790. The lowest BCUT2D eigenvalue weighted by atomic mass is 10.0. The Morgan fingerprint density at radius 2 is 2.11 bits per heavy atom. The van der Waals surface area contributed by atoms with Crippen LogP contribution in [0.2, 0.25) is 0 Å². The highest BCUT2D eigenvalue weighted by Crippen LogP contribution is 2.09. The molecule has 2 heteroatoms. The Morgan fingerprint density at radius 3 is 2.56 bits per heavy atom. The standard InChI is InChI=1S/C7H15IO/c1-7(4-6-9)3-2-5-8/h7,9H,2-6H2,1H3/t7-/m1/s1. The third kappa shape index (κ3) is 6.58. The Labute approximate surface area is 71.0 Å². The summed E-state index contributed by atoms with van der Waals surface area (Å²) in [5.74, 6) is 0.713. The third-order valence-corrected chi connectivity index (χ3v) is 2.22. The number of halogens is 1. The van der Waals surface area contributed by atoms with Crippen LogP contribution in [0.5, 0.6) is 0 Å². The van der Waals surface area contributed by atoms with Crippen molar-refractivity contribution in [2.24, 2.45) is 5.92 Å². The maximum atomic E-state index is 8.53. The first kappa shape index (κ1) is 9.69. The highest BCUT2D eigenvalue weighted by molar-refractivity contribution is 14.1. The van der Waals surface area contributed by atoms with Gasteiger partial charge in [-0.2, -0.15) is 0 Å². The van der Waals surface area contributed by atoms with Gasteiger partial charge in [0.2, 0.25) is 0 Å². The molecule has 0 saturated heterocycles. The van der Waals surface area contributed by atoms with Crippen molar-refractivity contribution in [1.82, 2.24) is 0 Å². The van der Waals surface area contributed by atoms with Crippen LogP contribution in [-0.4, -0.2) is 16.1 Å². The maximum Gasteiger partial charge on any atom is 0.0433 e. The van der Waals surface area contributed by atoms with E-state index in [0.29, 0.717) is 12.5 Å². The van der Waals surface area contributed by atoms with Crippen LogP contribution >= 0.6 is 22.6 Å². The number of hydrogen-bond acceptors (Lipinski definition) is 1. The summed E-state index contributed by atoms with van der Waals surface area (Å²) in [6.07, 6.45) is 3.53. The highest BCUT2D eigenvalue weighted by Gasteiger charge is 1.98. The van der Waals surface area contributed by atoms with Gasteiger partial charge in [-0.15, -0.1) is 0 Å². The van der Waals surface area contributed by atoms with Crippen molar-refractivity contribution in [1.29, 1.82) is 0 Å². The minimum atomic E-state index is 0.350. The monoisotopic (exact) mass is 242 g/mol. The maximum absolute atomic E-state index is 8.53. The molecular weight excluding hydrogens is 227 g/mol. The zero-order valence-electron chi connectivity index (χ0n) is 5.94. The molecule has 0 spiro atoms. The Kier molecular flexibility index (Phi) is 7.33. The number of hydrogen-bond donors (Lipinski definition) is 1. The van der Waals surface area contributed by atoms with E-state index in [-0.39, 0.29) is 0 Å². The van der Waals surface area contributed by atoms with Gasteiger partial charge >= 0.3 is 0 Å². The summed E-state index contributed by atoms with van der Waals surface area (Å²) >= 11 is 2.39. The van der Waals surface area contributed by atoms with Gasteiger partial charge in [0.25, 0.3) is 0 Å². The molecule has 0 aliphatic carbocycles.